The second-order valence-electron chi connectivity index (χ2n) is 6.19. The van der Waals surface area contributed by atoms with Gasteiger partial charge in [0.25, 0.3) is 0 Å². The summed E-state index contributed by atoms with van der Waals surface area (Å²) >= 11 is 0. The number of nitrogens with zero attached hydrogens (tertiary/aromatic N) is 1. The fourth-order valence-corrected chi connectivity index (χ4v) is 4.79. The summed E-state index contributed by atoms with van der Waals surface area (Å²) in [5.41, 5.74) is 0.798. The smallest absolute Gasteiger partial charge is 0.243 e. The van der Waals surface area contributed by atoms with Gasteiger partial charge in [-0.2, -0.15) is 4.31 Å². The Balaban J connectivity index is 1.72. The van der Waals surface area contributed by atoms with E-state index in [0.717, 1.165) is 36.3 Å². The maximum Gasteiger partial charge on any atom is 0.243 e. The molecule has 0 aliphatic carbocycles. The molecule has 2 aromatic rings. The van der Waals surface area contributed by atoms with E-state index in [4.69, 9.17) is 4.42 Å². The SMILES string of the molecule is Cc1ccc(CNCc2ccccc2S(=O)(=O)N2CCCCC2)o1. The first-order chi connectivity index (χ1) is 11.6. The number of hydrogen-bond donors (Lipinski definition) is 1. The normalized spacial score (nSPS) is 16.4. The molecule has 0 radical (unpaired) electrons. The van der Waals surface area contributed by atoms with Crippen LogP contribution in [0.2, 0.25) is 0 Å². The highest BCUT2D eigenvalue weighted by atomic mass is 32.2. The van der Waals surface area contributed by atoms with E-state index in [0.29, 0.717) is 31.1 Å². The number of hydrogen-bond acceptors (Lipinski definition) is 4. The molecule has 1 saturated heterocycles. The Kier molecular flexibility index (Phi) is 5.38. The monoisotopic (exact) mass is 348 g/mol. The highest BCUT2D eigenvalue weighted by Crippen LogP contribution is 2.23. The lowest BCUT2D eigenvalue weighted by atomic mass is 10.2. The van der Waals surface area contributed by atoms with E-state index in [-0.39, 0.29) is 0 Å². The van der Waals surface area contributed by atoms with Crippen molar-refractivity contribution in [1.29, 1.82) is 0 Å². The second-order valence-corrected chi connectivity index (χ2v) is 8.09. The lowest BCUT2D eigenvalue weighted by molar-refractivity contribution is 0.346. The topological polar surface area (TPSA) is 62.6 Å². The summed E-state index contributed by atoms with van der Waals surface area (Å²) in [6.45, 7) is 4.21. The third kappa shape index (κ3) is 3.88. The van der Waals surface area contributed by atoms with Crippen LogP contribution in [0.15, 0.2) is 45.7 Å². The number of nitrogens with one attached hydrogen (secondary N) is 1. The van der Waals surface area contributed by atoms with Crippen LogP contribution in [0.25, 0.3) is 0 Å². The van der Waals surface area contributed by atoms with Crippen molar-refractivity contribution in [2.24, 2.45) is 0 Å². The summed E-state index contributed by atoms with van der Waals surface area (Å²) in [4.78, 5) is 0.412. The van der Waals surface area contributed by atoms with Crippen LogP contribution in [-0.2, 0) is 23.1 Å². The molecule has 1 aromatic heterocycles. The van der Waals surface area contributed by atoms with Crippen LogP contribution in [0.4, 0.5) is 0 Å². The molecule has 1 aromatic carbocycles. The summed E-state index contributed by atoms with van der Waals surface area (Å²) in [5.74, 6) is 1.73. The van der Waals surface area contributed by atoms with E-state index < -0.39 is 10.0 Å². The molecule has 0 saturated carbocycles. The van der Waals surface area contributed by atoms with Crippen molar-refractivity contribution >= 4 is 10.0 Å². The number of sulfonamides is 1. The van der Waals surface area contributed by atoms with E-state index in [9.17, 15) is 8.42 Å². The highest BCUT2D eigenvalue weighted by Gasteiger charge is 2.27. The molecular weight excluding hydrogens is 324 g/mol. The largest absolute Gasteiger partial charge is 0.465 e. The van der Waals surface area contributed by atoms with Gasteiger partial charge in [-0.15, -0.1) is 0 Å². The fourth-order valence-electron chi connectivity index (χ4n) is 3.05. The minimum Gasteiger partial charge on any atom is -0.465 e. The minimum absolute atomic E-state index is 0.412. The molecule has 1 aliphatic rings. The number of rotatable bonds is 6. The van der Waals surface area contributed by atoms with Crippen LogP contribution in [0.1, 0.15) is 36.3 Å². The lowest BCUT2D eigenvalue weighted by Gasteiger charge is -2.26. The maximum atomic E-state index is 12.9. The van der Waals surface area contributed by atoms with Crippen LogP contribution in [0.5, 0.6) is 0 Å². The Bertz CT molecular complexity index is 777. The van der Waals surface area contributed by atoms with Crippen LogP contribution in [-0.4, -0.2) is 25.8 Å². The average molecular weight is 348 g/mol. The van der Waals surface area contributed by atoms with Gasteiger partial charge in [0.05, 0.1) is 11.4 Å². The predicted octanol–water partition coefficient (Wildman–Crippen LogP) is 3.05. The van der Waals surface area contributed by atoms with Crippen LogP contribution in [0.3, 0.4) is 0 Å². The molecule has 130 valence electrons. The van der Waals surface area contributed by atoms with Crippen molar-refractivity contribution in [3.63, 3.8) is 0 Å². The van der Waals surface area contributed by atoms with Gasteiger partial charge < -0.3 is 9.73 Å². The van der Waals surface area contributed by atoms with Gasteiger partial charge in [-0.3, -0.25) is 0 Å². The van der Waals surface area contributed by atoms with E-state index in [2.05, 4.69) is 5.32 Å². The minimum atomic E-state index is -3.41. The van der Waals surface area contributed by atoms with Crippen LogP contribution in [0, 0.1) is 6.92 Å². The van der Waals surface area contributed by atoms with Gasteiger partial charge >= 0.3 is 0 Å². The molecule has 0 atom stereocenters. The van der Waals surface area contributed by atoms with Crippen molar-refractivity contribution in [1.82, 2.24) is 9.62 Å². The second kappa shape index (κ2) is 7.51. The molecule has 0 amide bonds. The highest BCUT2D eigenvalue weighted by molar-refractivity contribution is 7.89. The van der Waals surface area contributed by atoms with E-state index in [1.165, 1.54) is 0 Å². The van der Waals surface area contributed by atoms with Gasteiger partial charge in [-0.05, 0) is 43.5 Å². The van der Waals surface area contributed by atoms with Gasteiger partial charge in [0.1, 0.15) is 11.5 Å². The Labute approximate surface area is 143 Å². The average Bonchev–Trinajstić information content (AvgIpc) is 3.01. The molecule has 0 bridgehead atoms. The molecule has 1 aliphatic heterocycles. The van der Waals surface area contributed by atoms with E-state index >= 15 is 0 Å². The first-order valence-electron chi connectivity index (χ1n) is 8.41. The number of benzene rings is 1. The van der Waals surface area contributed by atoms with Gasteiger partial charge in [0, 0.05) is 19.6 Å². The number of furan rings is 1. The van der Waals surface area contributed by atoms with Gasteiger partial charge in [-0.25, -0.2) is 8.42 Å². The van der Waals surface area contributed by atoms with E-state index in [1.54, 1.807) is 16.4 Å². The van der Waals surface area contributed by atoms with Crippen molar-refractivity contribution in [2.75, 3.05) is 13.1 Å². The van der Waals surface area contributed by atoms with Crippen molar-refractivity contribution in [3.05, 3.63) is 53.5 Å². The van der Waals surface area contributed by atoms with Crippen LogP contribution >= 0.6 is 0 Å². The number of piperidine rings is 1. The summed E-state index contributed by atoms with van der Waals surface area (Å²) < 4.78 is 33.0. The van der Waals surface area contributed by atoms with E-state index in [1.807, 2.05) is 31.2 Å². The van der Waals surface area contributed by atoms with Gasteiger partial charge in [0.2, 0.25) is 10.0 Å². The molecule has 5 nitrogen and oxygen atoms in total. The predicted molar refractivity (Wildman–Crippen MR) is 93.0 cm³/mol. The summed E-state index contributed by atoms with van der Waals surface area (Å²) in [7, 11) is -3.41. The Morgan fingerprint density at radius 1 is 1.04 bits per heavy atom. The molecule has 2 heterocycles. The first kappa shape index (κ1) is 17.2. The third-order valence-electron chi connectivity index (χ3n) is 4.32. The zero-order valence-electron chi connectivity index (χ0n) is 14.0. The molecule has 6 heteroatoms. The lowest BCUT2D eigenvalue weighted by Crippen LogP contribution is -2.36. The standard InChI is InChI=1S/C18H24N2O3S/c1-15-9-10-17(23-15)14-19-13-16-7-3-4-8-18(16)24(21,22)20-11-5-2-6-12-20/h3-4,7-10,19H,2,5-6,11-14H2,1H3. The maximum absolute atomic E-state index is 12.9. The summed E-state index contributed by atoms with van der Waals surface area (Å²) in [6, 6.07) is 11.1. The third-order valence-corrected chi connectivity index (χ3v) is 6.32. The fraction of sp³-hybridized carbons (Fsp3) is 0.444. The quantitative estimate of drug-likeness (QED) is 0.871. The zero-order valence-corrected chi connectivity index (χ0v) is 14.8. The molecule has 24 heavy (non-hydrogen) atoms. The van der Waals surface area contributed by atoms with Gasteiger partial charge in [-0.1, -0.05) is 24.6 Å². The summed E-state index contributed by atoms with van der Waals surface area (Å²) in [5, 5.41) is 3.27. The zero-order chi connectivity index (χ0) is 17.0. The molecular formula is C18H24N2O3S. The Hall–Kier alpha value is -1.63. The molecule has 1 fully saturated rings. The van der Waals surface area contributed by atoms with Crippen LogP contribution < -0.4 is 5.32 Å². The van der Waals surface area contributed by atoms with Crippen molar-refractivity contribution < 1.29 is 12.8 Å². The molecule has 0 spiro atoms. The Morgan fingerprint density at radius 2 is 1.79 bits per heavy atom. The molecule has 0 unspecified atom stereocenters. The van der Waals surface area contributed by atoms with Gasteiger partial charge in [0.15, 0.2) is 0 Å². The summed E-state index contributed by atoms with van der Waals surface area (Å²) in [6.07, 6.45) is 2.99. The van der Waals surface area contributed by atoms with Crippen molar-refractivity contribution in [3.8, 4) is 0 Å². The van der Waals surface area contributed by atoms with Crippen molar-refractivity contribution in [2.45, 2.75) is 44.2 Å². The Morgan fingerprint density at radius 3 is 2.50 bits per heavy atom. The first-order valence-corrected chi connectivity index (χ1v) is 9.85. The molecule has 3 rings (SSSR count). The molecule has 1 N–H and O–H groups in total. The number of aryl methyl sites for hydroxylation is 1.